The molecule has 0 fully saturated rings. The first-order valence-electron chi connectivity index (χ1n) is 7.68. The number of hydrogen-bond donors (Lipinski definition) is 1. The fraction of sp³-hybridized carbons (Fsp3) is 0.222. The van der Waals surface area contributed by atoms with Gasteiger partial charge in [-0.15, -0.1) is 0 Å². The second-order valence-corrected chi connectivity index (χ2v) is 6.20. The standard InChI is InChI=1S/C18H12ClF3N6/c1-28-9-12(8-27-28)17(26)13(7-25)16(11(5-23)6-24)10-2-3-15(19)14(4-10)18(20,21)22/h2-4,8-9,11,16H,26H2,1H3/b17-13-. The topological polar surface area (TPSA) is 115 Å². The molecule has 10 heteroatoms. The minimum atomic E-state index is -4.75. The zero-order chi connectivity index (χ0) is 21.1. The van der Waals surface area contributed by atoms with Gasteiger partial charge < -0.3 is 5.73 Å². The van der Waals surface area contributed by atoms with Crippen LogP contribution in [0.15, 0.2) is 36.2 Å². The fourth-order valence-electron chi connectivity index (χ4n) is 2.67. The van der Waals surface area contributed by atoms with Crippen molar-refractivity contribution in [2.45, 2.75) is 12.1 Å². The van der Waals surface area contributed by atoms with Crippen molar-refractivity contribution in [2.24, 2.45) is 18.7 Å². The van der Waals surface area contributed by atoms with Gasteiger partial charge in [-0.05, 0) is 17.7 Å². The number of nitrogens with two attached hydrogens (primary N) is 1. The predicted octanol–water partition coefficient (Wildman–Crippen LogP) is 3.73. The second kappa shape index (κ2) is 8.04. The molecule has 0 aliphatic carbocycles. The molecule has 0 aliphatic heterocycles. The summed E-state index contributed by atoms with van der Waals surface area (Å²) in [6.45, 7) is 0. The van der Waals surface area contributed by atoms with Gasteiger partial charge in [0.1, 0.15) is 5.92 Å². The van der Waals surface area contributed by atoms with Gasteiger partial charge in [0.05, 0.1) is 52.2 Å². The lowest BCUT2D eigenvalue weighted by molar-refractivity contribution is -0.137. The maximum Gasteiger partial charge on any atom is 0.417 e. The molecule has 0 spiro atoms. The first-order chi connectivity index (χ1) is 13.1. The van der Waals surface area contributed by atoms with Crippen LogP contribution in [0.5, 0.6) is 0 Å². The molecule has 0 saturated carbocycles. The largest absolute Gasteiger partial charge is 0.417 e. The number of aromatic nitrogens is 2. The van der Waals surface area contributed by atoms with E-state index in [4.69, 9.17) is 17.3 Å². The van der Waals surface area contributed by atoms with Crippen molar-refractivity contribution in [2.75, 3.05) is 0 Å². The quantitative estimate of drug-likeness (QED) is 0.779. The van der Waals surface area contributed by atoms with Crippen LogP contribution in [-0.2, 0) is 13.2 Å². The molecule has 0 bridgehead atoms. The van der Waals surface area contributed by atoms with Gasteiger partial charge in [-0.3, -0.25) is 4.68 Å². The summed E-state index contributed by atoms with van der Waals surface area (Å²) in [5.74, 6) is -2.76. The van der Waals surface area contributed by atoms with Crippen LogP contribution in [0.1, 0.15) is 22.6 Å². The summed E-state index contributed by atoms with van der Waals surface area (Å²) in [6.07, 6.45) is -1.89. The molecular weight excluding hydrogens is 393 g/mol. The van der Waals surface area contributed by atoms with Gasteiger partial charge in [-0.25, -0.2) is 0 Å². The highest BCUT2D eigenvalue weighted by molar-refractivity contribution is 6.31. The van der Waals surface area contributed by atoms with Crippen molar-refractivity contribution in [1.82, 2.24) is 9.78 Å². The van der Waals surface area contributed by atoms with Crippen LogP contribution < -0.4 is 5.73 Å². The van der Waals surface area contributed by atoms with Gasteiger partial charge >= 0.3 is 6.18 Å². The number of alkyl halides is 3. The van der Waals surface area contributed by atoms with Crippen molar-refractivity contribution in [3.8, 4) is 18.2 Å². The molecule has 0 aliphatic rings. The van der Waals surface area contributed by atoms with Gasteiger partial charge in [0.15, 0.2) is 0 Å². The van der Waals surface area contributed by atoms with E-state index in [1.165, 1.54) is 23.1 Å². The van der Waals surface area contributed by atoms with Crippen molar-refractivity contribution >= 4 is 17.3 Å². The van der Waals surface area contributed by atoms with Crippen molar-refractivity contribution < 1.29 is 13.2 Å². The van der Waals surface area contributed by atoms with Crippen LogP contribution in [0.25, 0.3) is 5.70 Å². The number of allylic oxidation sites excluding steroid dienone is 1. The zero-order valence-electron chi connectivity index (χ0n) is 14.4. The third-order valence-electron chi connectivity index (χ3n) is 4.00. The smallest absolute Gasteiger partial charge is 0.397 e. The van der Waals surface area contributed by atoms with Crippen LogP contribution in [0.2, 0.25) is 5.02 Å². The van der Waals surface area contributed by atoms with E-state index in [-0.39, 0.29) is 16.8 Å². The molecule has 0 amide bonds. The number of aryl methyl sites for hydroxylation is 1. The molecule has 2 N–H and O–H groups in total. The van der Waals surface area contributed by atoms with Crippen LogP contribution in [0.3, 0.4) is 0 Å². The molecule has 2 rings (SSSR count). The third kappa shape index (κ3) is 4.09. The third-order valence-corrected chi connectivity index (χ3v) is 4.33. The number of rotatable bonds is 4. The summed E-state index contributed by atoms with van der Waals surface area (Å²) < 4.78 is 41.1. The van der Waals surface area contributed by atoms with Gasteiger partial charge in [0.25, 0.3) is 0 Å². The first kappa shape index (κ1) is 20.8. The van der Waals surface area contributed by atoms with E-state index in [1.807, 2.05) is 6.07 Å². The molecule has 1 unspecified atom stereocenters. The molecule has 1 aromatic heterocycles. The monoisotopic (exact) mass is 404 g/mol. The normalized spacial score (nSPS) is 13.2. The van der Waals surface area contributed by atoms with Crippen LogP contribution in [-0.4, -0.2) is 9.78 Å². The zero-order valence-corrected chi connectivity index (χ0v) is 15.1. The Morgan fingerprint density at radius 1 is 1.25 bits per heavy atom. The molecule has 6 nitrogen and oxygen atoms in total. The Hall–Kier alpha value is -3.48. The maximum atomic E-state index is 13.2. The van der Waals surface area contributed by atoms with Crippen molar-refractivity contribution in [3.63, 3.8) is 0 Å². The molecule has 0 radical (unpaired) electrons. The molecular formula is C18H12ClF3N6. The number of benzene rings is 1. The van der Waals surface area contributed by atoms with Crippen molar-refractivity contribution in [3.05, 3.63) is 57.9 Å². The summed E-state index contributed by atoms with van der Waals surface area (Å²) in [5, 5.41) is 31.7. The lowest BCUT2D eigenvalue weighted by atomic mass is 9.80. The van der Waals surface area contributed by atoms with E-state index in [0.29, 0.717) is 5.56 Å². The van der Waals surface area contributed by atoms with E-state index < -0.39 is 28.6 Å². The average Bonchev–Trinajstić information content (AvgIpc) is 3.07. The number of halogens is 4. The molecule has 1 heterocycles. The van der Waals surface area contributed by atoms with Gasteiger partial charge in [0.2, 0.25) is 0 Å². The summed E-state index contributed by atoms with van der Waals surface area (Å²) in [6, 6.07) is 8.22. The number of nitrogens with zero attached hydrogens (tertiary/aromatic N) is 5. The molecule has 142 valence electrons. The van der Waals surface area contributed by atoms with E-state index in [9.17, 15) is 29.0 Å². The Kier molecular flexibility index (Phi) is 5.98. The van der Waals surface area contributed by atoms with Crippen molar-refractivity contribution in [1.29, 1.82) is 15.8 Å². The van der Waals surface area contributed by atoms with Gasteiger partial charge in [0, 0.05) is 18.8 Å². The number of hydrogen-bond acceptors (Lipinski definition) is 5. The SMILES string of the molecule is Cn1cc(/C(N)=C(\C#N)C(c2ccc(Cl)c(C(F)(F)F)c2)C(C#N)C#N)cn1. The van der Waals surface area contributed by atoms with Crippen LogP contribution in [0.4, 0.5) is 13.2 Å². The maximum absolute atomic E-state index is 13.2. The lowest BCUT2D eigenvalue weighted by Crippen LogP contribution is -2.17. The van der Waals surface area contributed by atoms with Gasteiger partial charge in [-0.2, -0.15) is 34.1 Å². The molecule has 2 aromatic rings. The average molecular weight is 405 g/mol. The summed E-state index contributed by atoms with van der Waals surface area (Å²) in [4.78, 5) is 0. The number of nitriles is 3. The highest BCUT2D eigenvalue weighted by Gasteiger charge is 2.36. The van der Waals surface area contributed by atoms with E-state index >= 15 is 0 Å². The first-order valence-corrected chi connectivity index (χ1v) is 8.06. The summed E-state index contributed by atoms with van der Waals surface area (Å²) in [7, 11) is 1.61. The Bertz CT molecular complexity index is 1030. The molecule has 1 atom stereocenters. The summed E-state index contributed by atoms with van der Waals surface area (Å²) in [5.41, 5.74) is 4.87. The minimum Gasteiger partial charge on any atom is -0.397 e. The van der Waals surface area contributed by atoms with Gasteiger partial charge in [-0.1, -0.05) is 17.7 Å². The van der Waals surface area contributed by atoms with Crippen LogP contribution in [0, 0.1) is 39.9 Å². The minimum absolute atomic E-state index is 0.0757. The second-order valence-electron chi connectivity index (χ2n) is 5.79. The Balaban J connectivity index is 2.76. The molecule has 0 saturated heterocycles. The molecule has 28 heavy (non-hydrogen) atoms. The van der Waals surface area contributed by atoms with E-state index in [0.717, 1.165) is 12.1 Å². The Morgan fingerprint density at radius 3 is 2.36 bits per heavy atom. The van der Waals surface area contributed by atoms with Crippen LogP contribution >= 0.6 is 11.6 Å². The lowest BCUT2D eigenvalue weighted by Gasteiger charge is -2.21. The van der Waals surface area contributed by atoms with E-state index in [2.05, 4.69) is 5.10 Å². The highest BCUT2D eigenvalue weighted by Crippen LogP contribution is 2.40. The predicted molar refractivity (Wildman–Crippen MR) is 93.8 cm³/mol. The highest BCUT2D eigenvalue weighted by atomic mass is 35.5. The van der Waals surface area contributed by atoms with E-state index in [1.54, 1.807) is 19.2 Å². The summed E-state index contributed by atoms with van der Waals surface area (Å²) >= 11 is 5.64. The molecule has 1 aromatic carbocycles. The Morgan fingerprint density at radius 2 is 1.89 bits per heavy atom. The fourth-order valence-corrected chi connectivity index (χ4v) is 2.90. The Labute approximate surface area is 163 Å².